The van der Waals surface area contributed by atoms with Gasteiger partial charge in [0.25, 0.3) is 0 Å². The Bertz CT molecular complexity index is 211. The highest BCUT2D eigenvalue weighted by molar-refractivity contribution is 6.74. The second-order valence-electron chi connectivity index (χ2n) is 6.48. The van der Waals surface area contributed by atoms with Gasteiger partial charge in [-0.15, -0.1) is 0 Å². The fourth-order valence-electron chi connectivity index (χ4n) is 1.24. The molecule has 0 amide bonds. The van der Waals surface area contributed by atoms with Crippen molar-refractivity contribution in [3.8, 4) is 0 Å². The monoisotopic (exact) mass is 262 g/mol. The molecular weight excluding hydrogens is 232 g/mol. The van der Waals surface area contributed by atoms with Crippen LogP contribution >= 0.6 is 0 Å². The van der Waals surface area contributed by atoms with Crippen LogP contribution in [-0.2, 0) is 4.43 Å². The SMILES string of the molecule is C[C@H](CO)[C@H](O)CCCO[Si](C)(C)C(C)(C)C. The van der Waals surface area contributed by atoms with Crippen LogP contribution in [0.5, 0.6) is 0 Å². The van der Waals surface area contributed by atoms with Crippen molar-refractivity contribution in [1.29, 1.82) is 0 Å². The van der Waals surface area contributed by atoms with Gasteiger partial charge in [-0.05, 0) is 31.0 Å². The maximum absolute atomic E-state index is 9.70. The first-order chi connectivity index (χ1) is 7.62. The maximum atomic E-state index is 9.70. The lowest BCUT2D eigenvalue weighted by atomic mass is 10.0. The molecule has 3 nitrogen and oxygen atoms in total. The fourth-order valence-corrected chi connectivity index (χ4v) is 2.33. The zero-order valence-corrected chi connectivity index (χ0v) is 13.3. The Morgan fingerprint density at radius 2 is 1.76 bits per heavy atom. The van der Waals surface area contributed by atoms with Gasteiger partial charge in [-0.3, -0.25) is 0 Å². The molecule has 0 aliphatic heterocycles. The highest BCUT2D eigenvalue weighted by Crippen LogP contribution is 2.36. The van der Waals surface area contributed by atoms with Gasteiger partial charge in [0.05, 0.1) is 6.10 Å². The second-order valence-corrected chi connectivity index (χ2v) is 11.3. The van der Waals surface area contributed by atoms with Crippen LogP contribution in [0.25, 0.3) is 0 Å². The molecule has 0 aliphatic rings. The predicted molar refractivity (Wildman–Crippen MR) is 74.6 cm³/mol. The molecule has 0 spiro atoms. The van der Waals surface area contributed by atoms with E-state index in [0.717, 1.165) is 6.42 Å². The standard InChI is InChI=1S/C13H30O3Si/c1-11(10-14)12(15)8-7-9-16-17(5,6)13(2,3)4/h11-12,14-15H,7-10H2,1-6H3/t11-,12-/m1/s1. The van der Waals surface area contributed by atoms with Gasteiger partial charge in [-0.2, -0.15) is 0 Å². The minimum absolute atomic E-state index is 0.0390. The molecule has 0 rings (SSSR count). The second kappa shape index (κ2) is 6.88. The van der Waals surface area contributed by atoms with E-state index < -0.39 is 14.4 Å². The van der Waals surface area contributed by atoms with E-state index in [-0.39, 0.29) is 17.6 Å². The highest BCUT2D eigenvalue weighted by Gasteiger charge is 2.36. The van der Waals surface area contributed by atoms with E-state index in [0.29, 0.717) is 13.0 Å². The lowest BCUT2D eigenvalue weighted by Gasteiger charge is -2.36. The molecule has 0 aliphatic carbocycles. The zero-order valence-electron chi connectivity index (χ0n) is 12.3. The van der Waals surface area contributed by atoms with Crippen LogP contribution in [0.1, 0.15) is 40.5 Å². The van der Waals surface area contributed by atoms with Gasteiger partial charge in [0, 0.05) is 19.1 Å². The summed E-state index contributed by atoms with van der Waals surface area (Å²) in [5, 5.41) is 18.9. The van der Waals surface area contributed by atoms with Crippen molar-refractivity contribution in [2.45, 2.75) is 64.8 Å². The lowest BCUT2D eigenvalue weighted by molar-refractivity contribution is 0.0652. The molecule has 0 aromatic rings. The van der Waals surface area contributed by atoms with E-state index in [4.69, 9.17) is 9.53 Å². The molecule has 104 valence electrons. The Morgan fingerprint density at radius 3 is 2.18 bits per heavy atom. The molecule has 2 N–H and O–H groups in total. The molecule has 0 saturated carbocycles. The van der Waals surface area contributed by atoms with Crippen LogP contribution in [0, 0.1) is 5.92 Å². The van der Waals surface area contributed by atoms with E-state index in [1.807, 2.05) is 6.92 Å². The van der Waals surface area contributed by atoms with Crippen LogP contribution in [0.15, 0.2) is 0 Å². The molecule has 0 aromatic carbocycles. The predicted octanol–water partition coefficient (Wildman–Crippen LogP) is 2.78. The third-order valence-corrected chi connectivity index (χ3v) is 8.40. The summed E-state index contributed by atoms with van der Waals surface area (Å²) < 4.78 is 6.02. The lowest BCUT2D eigenvalue weighted by Crippen LogP contribution is -2.41. The normalized spacial score (nSPS) is 16.9. The number of rotatable bonds is 7. The van der Waals surface area contributed by atoms with Crippen molar-refractivity contribution >= 4 is 8.32 Å². The summed E-state index contributed by atoms with van der Waals surface area (Å²) in [6.07, 6.45) is 1.15. The van der Waals surface area contributed by atoms with Crippen molar-refractivity contribution < 1.29 is 14.6 Å². The molecule has 4 heteroatoms. The van der Waals surface area contributed by atoms with Gasteiger partial charge < -0.3 is 14.6 Å². The van der Waals surface area contributed by atoms with E-state index in [1.165, 1.54) is 0 Å². The van der Waals surface area contributed by atoms with Crippen LogP contribution in [0.3, 0.4) is 0 Å². The number of aliphatic hydroxyl groups excluding tert-OH is 2. The third-order valence-electron chi connectivity index (χ3n) is 3.86. The maximum Gasteiger partial charge on any atom is 0.191 e. The summed E-state index contributed by atoms with van der Waals surface area (Å²) in [5.41, 5.74) is 0. The van der Waals surface area contributed by atoms with Gasteiger partial charge in [-0.25, -0.2) is 0 Å². The van der Waals surface area contributed by atoms with Crippen molar-refractivity contribution in [2.75, 3.05) is 13.2 Å². The summed E-state index contributed by atoms with van der Waals surface area (Å²) in [5.74, 6) is -0.0390. The molecule has 0 unspecified atom stereocenters. The first-order valence-corrected chi connectivity index (χ1v) is 9.45. The molecular formula is C13H30O3Si. The smallest absolute Gasteiger partial charge is 0.191 e. The van der Waals surface area contributed by atoms with Crippen LogP contribution in [0.2, 0.25) is 18.1 Å². The molecule has 0 bridgehead atoms. The van der Waals surface area contributed by atoms with Crippen LogP contribution in [0.4, 0.5) is 0 Å². The molecule has 2 atom stereocenters. The Labute approximate surface area is 107 Å². The first kappa shape index (κ1) is 17.1. The highest BCUT2D eigenvalue weighted by atomic mass is 28.4. The summed E-state index contributed by atoms with van der Waals surface area (Å²) in [6.45, 7) is 13.8. The largest absolute Gasteiger partial charge is 0.417 e. The molecule has 0 heterocycles. The first-order valence-electron chi connectivity index (χ1n) is 6.54. The Morgan fingerprint density at radius 1 is 1.24 bits per heavy atom. The van der Waals surface area contributed by atoms with E-state index in [2.05, 4.69) is 33.9 Å². The Kier molecular flexibility index (Phi) is 6.92. The molecule has 0 fully saturated rings. The van der Waals surface area contributed by atoms with E-state index in [9.17, 15) is 5.11 Å². The van der Waals surface area contributed by atoms with E-state index in [1.54, 1.807) is 0 Å². The van der Waals surface area contributed by atoms with Crippen molar-refractivity contribution in [1.82, 2.24) is 0 Å². The van der Waals surface area contributed by atoms with Gasteiger partial charge in [0.2, 0.25) is 0 Å². The van der Waals surface area contributed by atoms with Crippen molar-refractivity contribution in [3.05, 3.63) is 0 Å². The van der Waals surface area contributed by atoms with Crippen LogP contribution in [-0.4, -0.2) is 37.8 Å². The van der Waals surface area contributed by atoms with E-state index >= 15 is 0 Å². The summed E-state index contributed by atoms with van der Waals surface area (Å²) in [6, 6.07) is 0. The average molecular weight is 262 g/mol. The average Bonchev–Trinajstić information content (AvgIpc) is 2.21. The molecule has 0 saturated heterocycles. The number of aliphatic hydroxyl groups is 2. The molecule has 17 heavy (non-hydrogen) atoms. The third kappa shape index (κ3) is 6.00. The Balaban J connectivity index is 3.86. The number of hydrogen-bond donors (Lipinski definition) is 2. The van der Waals surface area contributed by atoms with Crippen LogP contribution < -0.4 is 0 Å². The molecule has 0 aromatic heterocycles. The van der Waals surface area contributed by atoms with Crippen molar-refractivity contribution in [3.63, 3.8) is 0 Å². The van der Waals surface area contributed by atoms with Crippen molar-refractivity contribution in [2.24, 2.45) is 5.92 Å². The number of hydrogen-bond acceptors (Lipinski definition) is 3. The Hall–Kier alpha value is 0.0969. The molecule has 0 radical (unpaired) electrons. The van der Waals surface area contributed by atoms with Gasteiger partial charge in [-0.1, -0.05) is 27.7 Å². The van der Waals surface area contributed by atoms with Gasteiger partial charge in [0.15, 0.2) is 8.32 Å². The zero-order chi connectivity index (χ0) is 13.7. The fraction of sp³-hybridized carbons (Fsp3) is 1.00. The van der Waals surface area contributed by atoms with Gasteiger partial charge in [0.1, 0.15) is 0 Å². The minimum atomic E-state index is -1.64. The summed E-state index contributed by atoms with van der Waals surface area (Å²) >= 11 is 0. The summed E-state index contributed by atoms with van der Waals surface area (Å²) in [7, 11) is -1.64. The quantitative estimate of drug-likeness (QED) is 0.548. The minimum Gasteiger partial charge on any atom is -0.417 e. The van der Waals surface area contributed by atoms with Gasteiger partial charge >= 0.3 is 0 Å². The summed E-state index contributed by atoms with van der Waals surface area (Å²) in [4.78, 5) is 0. The topological polar surface area (TPSA) is 49.7 Å².